The molecule has 1 N–H and O–H groups in total. The first-order chi connectivity index (χ1) is 8.76. The van der Waals surface area contributed by atoms with Crippen LogP contribution < -0.4 is 4.74 Å². The van der Waals surface area contributed by atoms with Crippen molar-refractivity contribution >= 4 is 0 Å². The number of ether oxygens (including phenoxy) is 2. The zero-order valence-corrected chi connectivity index (χ0v) is 11.0. The number of para-hydroxylation sites is 1. The summed E-state index contributed by atoms with van der Waals surface area (Å²) in [4.78, 5) is 0. The van der Waals surface area contributed by atoms with E-state index in [4.69, 9.17) is 9.47 Å². The molecule has 1 fully saturated rings. The van der Waals surface area contributed by atoms with Crippen LogP contribution in [-0.2, 0) is 10.3 Å². The van der Waals surface area contributed by atoms with Crippen molar-refractivity contribution in [1.82, 2.24) is 0 Å². The Bertz CT molecular complexity index is 368. The Kier molecular flexibility index (Phi) is 4.61. The van der Waals surface area contributed by atoms with Gasteiger partial charge in [-0.25, -0.2) is 0 Å². The van der Waals surface area contributed by atoms with Gasteiger partial charge in [0.15, 0.2) is 0 Å². The highest BCUT2D eigenvalue weighted by Gasteiger charge is 2.32. The Hall–Kier alpha value is -1.06. The van der Waals surface area contributed by atoms with Crippen molar-refractivity contribution in [3.63, 3.8) is 0 Å². The van der Waals surface area contributed by atoms with Gasteiger partial charge in [0, 0.05) is 25.2 Å². The molecule has 0 bridgehead atoms. The third-order valence-electron chi connectivity index (χ3n) is 3.39. The summed E-state index contributed by atoms with van der Waals surface area (Å²) in [6.45, 7) is 4.11. The molecule has 1 aliphatic heterocycles. The van der Waals surface area contributed by atoms with Gasteiger partial charge >= 0.3 is 0 Å². The van der Waals surface area contributed by atoms with Gasteiger partial charge in [-0.15, -0.1) is 0 Å². The summed E-state index contributed by atoms with van der Waals surface area (Å²) in [6.07, 6.45) is 3.23. The minimum Gasteiger partial charge on any atom is -0.493 e. The van der Waals surface area contributed by atoms with Gasteiger partial charge in [0.25, 0.3) is 0 Å². The van der Waals surface area contributed by atoms with Crippen LogP contribution in [-0.4, -0.2) is 24.9 Å². The van der Waals surface area contributed by atoms with Crippen LogP contribution >= 0.6 is 0 Å². The molecule has 1 heterocycles. The van der Waals surface area contributed by atoms with Crippen molar-refractivity contribution in [3.8, 4) is 5.75 Å². The van der Waals surface area contributed by atoms with E-state index in [1.807, 2.05) is 24.3 Å². The maximum Gasteiger partial charge on any atom is 0.125 e. The molecular weight excluding hydrogens is 228 g/mol. The number of hydrogen-bond donors (Lipinski definition) is 1. The molecular formula is C15H22O3. The van der Waals surface area contributed by atoms with Crippen LogP contribution in [0, 0.1) is 0 Å². The van der Waals surface area contributed by atoms with Gasteiger partial charge < -0.3 is 14.6 Å². The second kappa shape index (κ2) is 6.21. The molecule has 0 spiro atoms. The lowest BCUT2D eigenvalue weighted by Crippen LogP contribution is -2.26. The topological polar surface area (TPSA) is 38.7 Å². The van der Waals surface area contributed by atoms with Crippen molar-refractivity contribution in [2.75, 3.05) is 19.8 Å². The van der Waals surface area contributed by atoms with Gasteiger partial charge in [-0.1, -0.05) is 25.1 Å². The summed E-state index contributed by atoms with van der Waals surface area (Å²) in [5, 5.41) is 10.8. The zero-order chi connectivity index (χ0) is 12.8. The molecule has 0 saturated carbocycles. The highest BCUT2D eigenvalue weighted by Crippen LogP contribution is 2.37. The lowest BCUT2D eigenvalue weighted by atomic mass is 9.86. The van der Waals surface area contributed by atoms with E-state index in [0.717, 1.165) is 37.2 Å². The average Bonchev–Trinajstić information content (AvgIpc) is 2.62. The third-order valence-corrected chi connectivity index (χ3v) is 3.39. The lowest BCUT2D eigenvalue weighted by Gasteiger charge is -2.28. The Balaban J connectivity index is 2.24. The molecule has 100 valence electrons. The Morgan fingerprint density at radius 1 is 1.28 bits per heavy atom. The first-order valence-electron chi connectivity index (χ1n) is 6.79. The summed E-state index contributed by atoms with van der Waals surface area (Å²) in [5.74, 6) is 0.809. The van der Waals surface area contributed by atoms with Gasteiger partial charge in [-0.3, -0.25) is 0 Å². The Morgan fingerprint density at radius 3 is 2.94 bits per heavy atom. The molecule has 1 aromatic rings. The molecule has 1 aliphatic rings. The Morgan fingerprint density at radius 2 is 2.11 bits per heavy atom. The van der Waals surface area contributed by atoms with Crippen molar-refractivity contribution in [3.05, 3.63) is 29.8 Å². The molecule has 2 rings (SSSR count). The van der Waals surface area contributed by atoms with E-state index in [2.05, 4.69) is 6.92 Å². The largest absolute Gasteiger partial charge is 0.493 e. The molecule has 18 heavy (non-hydrogen) atoms. The van der Waals surface area contributed by atoms with Crippen molar-refractivity contribution < 1.29 is 14.6 Å². The quantitative estimate of drug-likeness (QED) is 0.893. The van der Waals surface area contributed by atoms with Crippen LogP contribution in [0.5, 0.6) is 5.75 Å². The fourth-order valence-corrected chi connectivity index (χ4v) is 2.39. The van der Waals surface area contributed by atoms with Crippen LogP contribution in [0.3, 0.4) is 0 Å². The van der Waals surface area contributed by atoms with Gasteiger partial charge in [0.1, 0.15) is 5.75 Å². The van der Waals surface area contributed by atoms with Crippen molar-refractivity contribution in [2.24, 2.45) is 0 Å². The second-order valence-electron chi connectivity index (χ2n) is 4.84. The van der Waals surface area contributed by atoms with Crippen LogP contribution in [0.1, 0.15) is 38.2 Å². The molecule has 0 radical (unpaired) electrons. The maximum atomic E-state index is 10.8. The van der Waals surface area contributed by atoms with E-state index in [1.54, 1.807) is 0 Å². The number of benzene rings is 1. The van der Waals surface area contributed by atoms with Crippen LogP contribution in [0.2, 0.25) is 0 Å². The molecule has 1 aromatic carbocycles. The molecule has 0 amide bonds. The fraction of sp³-hybridized carbons (Fsp3) is 0.600. The maximum absolute atomic E-state index is 10.8. The van der Waals surface area contributed by atoms with E-state index in [0.29, 0.717) is 19.6 Å². The molecule has 1 unspecified atom stereocenters. The number of rotatable bonds is 4. The summed E-state index contributed by atoms with van der Waals surface area (Å²) in [6, 6.07) is 7.81. The van der Waals surface area contributed by atoms with Crippen molar-refractivity contribution in [1.29, 1.82) is 0 Å². The second-order valence-corrected chi connectivity index (χ2v) is 4.84. The smallest absolute Gasteiger partial charge is 0.125 e. The first kappa shape index (κ1) is 13.4. The molecule has 3 heteroatoms. The standard InChI is InChI=1S/C15H22O3/c1-2-10-18-14-7-4-3-6-13(14)15(16)8-5-11-17-12-9-15/h3-4,6-7,16H,2,5,8-12H2,1H3. The van der Waals surface area contributed by atoms with Crippen LogP contribution in [0.25, 0.3) is 0 Å². The van der Waals surface area contributed by atoms with Crippen LogP contribution in [0.15, 0.2) is 24.3 Å². The van der Waals surface area contributed by atoms with Crippen molar-refractivity contribution in [2.45, 2.75) is 38.2 Å². The zero-order valence-electron chi connectivity index (χ0n) is 11.0. The minimum atomic E-state index is -0.805. The lowest BCUT2D eigenvalue weighted by molar-refractivity contribution is 0.0119. The predicted molar refractivity (Wildman–Crippen MR) is 70.8 cm³/mol. The molecule has 1 saturated heterocycles. The molecule has 1 atom stereocenters. The summed E-state index contributed by atoms with van der Waals surface area (Å²) < 4.78 is 11.2. The van der Waals surface area contributed by atoms with E-state index in [1.165, 1.54) is 0 Å². The number of aliphatic hydroxyl groups is 1. The normalized spacial score (nSPS) is 24.6. The summed E-state index contributed by atoms with van der Waals surface area (Å²) in [7, 11) is 0. The number of hydrogen-bond acceptors (Lipinski definition) is 3. The van der Waals surface area contributed by atoms with E-state index in [9.17, 15) is 5.11 Å². The third kappa shape index (κ3) is 3.03. The SMILES string of the molecule is CCCOc1ccccc1C1(O)CCCOCC1. The molecule has 0 aromatic heterocycles. The monoisotopic (exact) mass is 250 g/mol. The molecule has 3 nitrogen and oxygen atoms in total. The minimum absolute atomic E-state index is 0.610. The van der Waals surface area contributed by atoms with E-state index < -0.39 is 5.60 Å². The van der Waals surface area contributed by atoms with Gasteiger partial charge in [-0.2, -0.15) is 0 Å². The summed E-state index contributed by atoms with van der Waals surface area (Å²) >= 11 is 0. The summed E-state index contributed by atoms with van der Waals surface area (Å²) in [5.41, 5.74) is 0.102. The van der Waals surface area contributed by atoms with Gasteiger partial charge in [0.2, 0.25) is 0 Å². The van der Waals surface area contributed by atoms with Gasteiger partial charge in [-0.05, 0) is 25.3 Å². The van der Waals surface area contributed by atoms with E-state index >= 15 is 0 Å². The fourth-order valence-electron chi connectivity index (χ4n) is 2.39. The highest BCUT2D eigenvalue weighted by molar-refractivity contribution is 5.38. The first-order valence-corrected chi connectivity index (χ1v) is 6.79. The van der Waals surface area contributed by atoms with Gasteiger partial charge in [0.05, 0.1) is 12.2 Å². The predicted octanol–water partition coefficient (Wildman–Crippen LogP) is 2.86. The van der Waals surface area contributed by atoms with E-state index in [-0.39, 0.29) is 0 Å². The molecule has 0 aliphatic carbocycles. The highest BCUT2D eigenvalue weighted by atomic mass is 16.5. The Labute approximate surface area is 109 Å². The average molecular weight is 250 g/mol. The van der Waals surface area contributed by atoms with Crippen LogP contribution in [0.4, 0.5) is 0 Å².